The number of carbonyl (C=O) groups is 1. The second-order valence-corrected chi connectivity index (χ2v) is 6.50. The molecule has 0 aliphatic carbocycles. The molecular formula is C19H30N2O2. The average Bonchev–Trinajstić information content (AvgIpc) is 2.82. The molecule has 0 atom stereocenters. The minimum Gasteiger partial charge on any atom is -0.493 e. The number of rotatable bonds is 7. The zero-order valence-electron chi connectivity index (χ0n) is 14.6. The Kier molecular flexibility index (Phi) is 7.40. The first-order chi connectivity index (χ1) is 11.2. The van der Waals surface area contributed by atoms with E-state index >= 15 is 0 Å². The zero-order chi connectivity index (χ0) is 16.5. The van der Waals surface area contributed by atoms with Crippen LogP contribution < -0.4 is 4.74 Å². The molecule has 23 heavy (non-hydrogen) atoms. The Morgan fingerprint density at radius 2 is 1.87 bits per heavy atom. The predicted octanol–water partition coefficient (Wildman–Crippen LogP) is 3.10. The van der Waals surface area contributed by atoms with E-state index in [-0.39, 0.29) is 5.91 Å². The lowest BCUT2D eigenvalue weighted by Crippen LogP contribution is -2.39. The van der Waals surface area contributed by atoms with E-state index in [0.717, 1.165) is 50.2 Å². The van der Waals surface area contributed by atoms with Crippen LogP contribution >= 0.6 is 0 Å². The van der Waals surface area contributed by atoms with Crippen molar-refractivity contribution >= 4 is 5.91 Å². The second kappa shape index (κ2) is 9.56. The van der Waals surface area contributed by atoms with Gasteiger partial charge in [-0.2, -0.15) is 0 Å². The van der Waals surface area contributed by atoms with Gasteiger partial charge in [-0.15, -0.1) is 0 Å². The summed E-state index contributed by atoms with van der Waals surface area (Å²) in [6.07, 6.45) is 5.75. The third kappa shape index (κ3) is 6.22. The molecule has 1 amide bonds. The van der Waals surface area contributed by atoms with Crippen molar-refractivity contribution in [1.82, 2.24) is 9.80 Å². The minimum atomic E-state index is 0.272. The fourth-order valence-corrected chi connectivity index (χ4v) is 2.97. The number of hydrogen-bond acceptors (Lipinski definition) is 3. The highest BCUT2D eigenvalue weighted by Gasteiger charge is 2.16. The highest BCUT2D eigenvalue weighted by molar-refractivity contribution is 5.78. The molecule has 1 aliphatic heterocycles. The summed E-state index contributed by atoms with van der Waals surface area (Å²) in [6, 6.07) is 8.07. The maximum Gasteiger partial charge on any atom is 0.236 e. The monoisotopic (exact) mass is 318 g/mol. The number of carbonyl (C=O) groups excluding carboxylic acids is 1. The summed E-state index contributed by atoms with van der Waals surface area (Å²) in [4.78, 5) is 16.5. The van der Waals surface area contributed by atoms with Crippen LogP contribution in [0.15, 0.2) is 24.3 Å². The van der Waals surface area contributed by atoms with E-state index in [4.69, 9.17) is 4.74 Å². The molecule has 1 fully saturated rings. The van der Waals surface area contributed by atoms with Crippen LogP contribution in [0.3, 0.4) is 0 Å². The van der Waals surface area contributed by atoms with Crippen molar-refractivity contribution in [2.75, 3.05) is 39.8 Å². The number of ether oxygens (including phenoxy) is 1. The third-order valence-corrected chi connectivity index (χ3v) is 4.40. The summed E-state index contributed by atoms with van der Waals surface area (Å²) in [5.41, 5.74) is 1.16. The molecular weight excluding hydrogens is 288 g/mol. The van der Waals surface area contributed by atoms with Crippen molar-refractivity contribution in [1.29, 1.82) is 0 Å². The molecule has 0 N–H and O–H groups in total. The number of aryl methyl sites for hydroxylation is 1. The lowest BCUT2D eigenvalue weighted by molar-refractivity contribution is -0.132. The van der Waals surface area contributed by atoms with Crippen LogP contribution in [0.5, 0.6) is 5.75 Å². The van der Waals surface area contributed by atoms with Gasteiger partial charge in [0.25, 0.3) is 0 Å². The van der Waals surface area contributed by atoms with E-state index in [1.807, 2.05) is 30.1 Å². The molecule has 1 aromatic carbocycles. The molecule has 1 saturated heterocycles. The van der Waals surface area contributed by atoms with Gasteiger partial charge in [0, 0.05) is 19.6 Å². The molecule has 0 bridgehead atoms. The number of benzene rings is 1. The van der Waals surface area contributed by atoms with Crippen LogP contribution in [0, 0.1) is 6.92 Å². The van der Waals surface area contributed by atoms with Crippen molar-refractivity contribution in [3.63, 3.8) is 0 Å². The molecule has 0 unspecified atom stereocenters. The van der Waals surface area contributed by atoms with Crippen LogP contribution in [0.25, 0.3) is 0 Å². The quantitative estimate of drug-likeness (QED) is 0.724. The van der Waals surface area contributed by atoms with Gasteiger partial charge in [0.2, 0.25) is 5.91 Å². The van der Waals surface area contributed by atoms with Gasteiger partial charge in [-0.3, -0.25) is 9.69 Å². The standard InChI is InChI=1S/C19H30N2O2/c1-17-10-5-6-11-18(17)23-15-9-12-20(2)16-19(22)21-13-7-3-4-8-14-21/h5-6,10-11H,3-4,7-9,12-16H2,1-2H3. The maximum atomic E-state index is 12.3. The number of likely N-dealkylation sites (N-methyl/N-ethyl adjacent to an activating group) is 1. The molecule has 0 spiro atoms. The number of nitrogens with zero attached hydrogens (tertiary/aromatic N) is 2. The van der Waals surface area contributed by atoms with Gasteiger partial charge in [0.05, 0.1) is 13.2 Å². The molecule has 2 rings (SSSR count). The van der Waals surface area contributed by atoms with Crippen LogP contribution in [0.4, 0.5) is 0 Å². The topological polar surface area (TPSA) is 32.8 Å². The molecule has 1 heterocycles. The summed E-state index contributed by atoms with van der Waals surface area (Å²) >= 11 is 0. The van der Waals surface area contributed by atoms with Gasteiger partial charge in [-0.05, 0) is 44.9 Å². The van der Waals surface area contributed by atoms with Crippen molar-refractivity contribution < 1.29 is 9.53 Å². The number of likely N-dealkylation sites (tertiary alicyclic amines) is 1. The normalized spacial score (nSPS) is 15.5. The average molecular weight is 318 g/mol. The van der Waals surface area contributed by atoms with Crippen LogP contribution in [0.1, 0.15) is 37.7 Å². The predicted molar refractivity (Wildman–Crippen MR) is 93.8 cm³/mol. The Bertz CT molecular complexity index is 482. The highest BCUT2D eigenvalue weighted by atomic mass is 16.5. The van der Waals surface area contributed by atoms with Gasteiger partial charge in [-0.25, -0.2) is 0 Å². The lowest BCUT2D eigenvalue weighted by Gasteiger charge is -2.24. The molecule has 0 radical (unpaired) electrons. The third-order valence-electron chi connectivity index (χ3n) is 4.40. The van der Waals surface area contributed by atoms with Gasteiger partial charge >= 0.3 is 0 Å². The molecule has 0 aromatic heterocycles. The van der Waals surface area contributed by atoms with Crippen molar-refractivity contribution in [3.8, 4) is 5.75 Å². The summed E-state index contributed by atoms with van der Waals surface area (Å²) in [5, 5.41) is 0. The molecule has 4 heteroatoms. The first-order valence-electron chi connectivity index (χ1n) is 8.81. The summed E-state index contributed by atoms with van der Waals surface area (Å²) in [5.74, 6) is 1.23. The van der Waals surface area contributed by atoms with Gasteiger partial charge in [0.15, 0.2) is 0 Å². The Morgan fingerprint density at radius 3 is 2.57 bits per heavy atom. The fraction of sp³-hybridized carbons (Fsp3) is 0.632. The molecule has 1 aliphatic rings. The first-order valence-corrected chi connectivity index (χ1v) is 8.81. The van der Waals surface area contributed by atoms with Gasteiger partial charge < -0.3 is 9.64 Å². The Balaban J connectivity index is 1.63. The minimum absolute atomic E-state index is 0.272. The van der Waals surface area contributed by atoms with E-state index in [2.05, 4.69) is 17.9 Å². The van der Waals surface area contributed by atoms with E-state index in [1.165, 1.54) is 12.8 Å². The molecule has 0 saturated carbocycles. The Hall–Kier alpha value is -1.55. The Labute approximate surface area is 140 Å². The van der Waals surface area contributed by atoms with E-state index in [0.29, 0.717) is 13.2 Å². The van der Waals surface area contributed by atoms with Crippen LogP contribution in [0.2, 0.25) is 0 Å². The second-order valence-electron chi connectivity index (χ2n) is 6.50. The number of hydrogen-bond donors (Lipinski definition) is 0. The van der Waals surface area contributed by atoms with Crippen LogP contribution in [-0.2, 0) is 4.79 Å². The summed E-state index contributed by atoms with van der Waals surface area (Å²) < 4.78 is 5.80. The van der Waals surface area contributed by atoms with E-state index < -0.39 is 0 Å². The molecule has 128 valence electrons. The number of para-hydroxylation sites is 1. The van der Waals surface area contributed by atoms with Crippen molar-refractivity contribution in [3.05, 3.63) is 29.8 Å². The van der Waals surface area contributed by atoms with Gasteiger partial charge in [0.1, 0.15) is 5.75 Å². The largest absolute Gasteiger partial charge is 0.493 e. The Morgan fingerprint density at radius 1 is 1.17 bits per heavy atom. The van der Waals surface area contributed by atoms with E-state index in [9.17, 15) is 4.79 Å². The molecule has 1 aromatic rings. The van der Waals surface area contributed by atoms with Crippen molar-refractivity contribution in [2.24, 2.45) is 0 Å². The SMILES string of the molecule is Cc1ccccc1OCCCN(C)CC(=O)N1CCCCCC1. The smallest absolute Gasteiger partial charge is 0.236 e. The number of amides is 1. The van der Waals surface area contributed by atoms with Gasteiger partial charge in [-0.1, -0.05) is 31.0 Å². The van der Waals surface area contributed by atoms with Crippen LogP contribution in [-0.4, -0.2) is 55.5 Å². The fourth-order valence-electron chi connectivity index (χ4n) is 2.97. The summed E-state index contributed by atoms with van der Waals surface area (Å²) in [6.45, 7) is 6.01. The van der Waals surface area contributed by atoms with E-state index in [1.54, 1.807) is 0 Å². The lowest BCUT2D eigenvalue weighted by atomic mass is 10.2. The molecule has 4 nitrogen and oxygen atoms in total. The zero-order valence-corrected chi connectivity index (χ0v) is 14.6. The first kappa shape index (κ1) is 17.8. The maximum absolute atomic E-state index is 12.3. The summed E-state index contributed by atoms with van der Waals surface area (Å²) in [7, 11) is 2.02. The van der Waals surface area contributed by atoms with Crippen molar-refractivity contribution in [2.45, 2.75) is 39.0 Å². The highest BCUT2D eigenvalue weighted by Crippen LogP contribution is 2.16.